The van der Waals surface area contributed by atoms with Gasteiger partial charge in [-0.25, -0.2) is 15.0 Å². The molecule has 3 heterocycles. The van der Waals surface area contributed by atoms with E-state index >= 15 is 0 Å². The second-order valence-corrected chi connectivity index (χ2v) is 10.6. The van der Waals surface area contributed by atoms with Gasteiger partial charge in [-0.1, -0.05) is 11.8 Å². The number of fused-ring (bicyclic) bond motifs is 2. The summed E-state index contributed by atoms with van der Waals surface area (Å²) in [6, 6.07) is 4.34. The van der Waals surface area contributed by atoms with Crippen LogP contribution in [-0.4, -0.2) is 38.2 Å². The predicted octanol–water partition coefficient (Wildman–Crippen LogP) is 4.27. The maximum atomic E-state index is 6.09. The number of hydrogen-bond donors (Lipinski definition) is 2. The first-order chi connectivity index (χ1) is 14.3. The van der Waals surface area contributed by atoms with Crippen molar-refractivity contribution in [2.75, 3.05) is 18.9 Å². The molecule has 9 heteroatoms. The fourth-order valence-corrected chi connectivity index (χ4v) is 5.23. The van der Waals surface area contributed by atoms with Gasteiger partial charge >= 0.3 is 0 Å². The Labute approximate surface area is 194 Å². The molecule has 2 aromatic heterocycles. The minimum absolute atomic E-state index is 0.136. The maximum absolute atomic E-state index is 6.09. The molecule has 0 amide bonds. The van der Waals surface area contributed by atoms with Crippen molar-refractivity contribution in [1.82, 2.24) is 24.8 Å². The van der Waals surface area contributed by atoms with E-state index in [1.165, 1.54) is 15.5 Å². The molecule has 3 aromatic rings. The van der Waals surface area contributed by atoms with Gasteiger partial charge in [-0.2, -0.15) is 0 Å². The smallest absolute Gasteiger partial charge is 0.175 e. The van der Waals surface area contributed by atoms with E-state index in [4.69, 9.17) is 15.5 Å². The molecule has 1 aromatic carbocycles. The van der Waals surface area contributed by atoms with Gasteiger partial charge in [-0.05, 0) is 80.4 Å². The first-order valence-corrected chi connectivity index (χ1v) is 12.1. The van der Waals surface area contributed by atoms with Crippen molar-refractivity contribution in [1.29, 1.82) is 0 Å². The number of nitrogens with zero attached hydrogens (tertiary/aromatic N) is 4. The molecule has 0 aliphatic carbocycles. The number of imidazole rings is 1. The summed E-state index contributed by atoms with van der Waals surface area (Å²) in [6.45, 7) is 9.13. The second kappa shape index (κ2) is 8.88. The molecule has 0 radical (unpaired) electrons. The zero-order chi connectivity index (χ0) is 21.3. The van der Waals surface area contributed by atoms with Crippen molar-refractivity contribution in [2.24, 2.45) is 0 Å². The molecular weight excluding hydrogens is 511 g/mol. The quantitative estimate of drug-likeness (QED) is 0.343. The van der Waals surface area contributed by atoms with E-state index in [2.05, 4.69) is 75.3 Å². The topological polar surface area (TPSA) is 90.9 Å². The van der Waals surface area contributed by atoms with Crippen LogP contribution in [0, 0.1) is 3.57 Å². The normalized spacial score (nSPS) is 13.6. The third kappa shape index (κ3) is 4.83. The lowest BCUT2D eigenvalue weighted by Gasteiger charge is -2.20. The van der Waals surface area contributed by atoms with E-state index in [0.717, 1.165) is 60.4 Å². The Morgan fingerprint density at radius 2 is 2.10 bits per heavy atom. The van der Waals surface area contributed by atoms with E-state index in [-0.39, 0.29) is 5.54 Å². The number of halogens is 1. The van der Waals surface area contributed by atoms with Crippen molar-refractivity contribution in [2.45, 2.75) is 62.2 Å². The summed E-state index contributed by atoms with van der Waals surface area (Å²) in [7, 11) is 0. The zero-order valence-corrected chi connectivity index (χ0v) is 20.5. The predicted molar refractivity (Wildman–Crippen MR) is 129 cm³/mol. The third-order valence-corrected chi connectivity index (χ3v) is 7.24. The van der Waals surface area contributed by atoms with Crippen molar-refractivity contribution >= 4 is 51.3 Å². The summed E-state index contributed by atoms with van der Waals surface area (Å²) in [4.78, 5) is 14.5. The lowest BCUT2D eigenvalue weighted by Crippen LogP contribution is -2.36. The first-order valence-electron chi connectivity index (χ1n) is 10.2. The van der Waals surface area contributed by atoms with Gasteiger partial charge in [0.2, 0.25) is 0 Å². The number of hydrogen-bond acceptors (Lipinski definition) is 7. The molecule has 0 saturated carbocycles. The number of benzene rings is 1. The number of unbranched alkanes of at least 4 members (excludes halogenated alkanes) is 1. The molecule has 30 heavy (non-hydrogen) atoms. The van der Waals surface area contributed by atoms with Crippen LogP contribution in [0.15, 0.2) is 28.5 Å². The van der Waals surface area contributed by atoms with Crippen molar-refractivity contribution < 1.29 is 4.74 Å². The molecule has 160 valence electrons. The molecule has 1 aliphatic rings. The lowest BCUT2D eigenvalue weighted by molar-refractivity contribution is 0.356. The van der Waals surface area contributed by atoms with Gasteiger partial charge in [0.1, 0.15) is 12.1 Å². The summed E-state index contributed by atoms with van der Waals surface area (Å²) < 4.78 is 9.13. The van der Waals surface area contributed by atoms with Crippen LogP contribution in [0.3, 0.4) is 0 Å². The minimum atomic E-state index is 0.136. The van der Waals surface area contributed by atoms with Crippen molar-refractivity contribution in [3.63, 3.8) is 0 Å². The molecule has 0 atom stereocenters. The second-order valence-electron chi connectivity index (χ2n) is 8.45. The highest BCUT2D eigenvalue weighted by molar-refractivity contribution is 14.1. The summed E-state index contributed by atoms with van der Waals surface area (Å²) in [5.41, 5.74) is 8.96. The van der Waals surface area contributed by atoms with Crippen LogP contribution in [0.5, 0.6) is 5.75 Å². The van der Waals surface area contributed by atoms with Gasteiger partial charge in [-0.3, -0.25) is 0 Å². The van der Waals surface area contributed by atoms with Crippen LogP contribution in [-0.2, 0) is 13.0 Å². The lowest BCUT2D eigenvalue weighted by atomic mass is 10.1. The molecule has 0 saturated heterocycles. The molecule has 0 spiro atoms. The van der Waals surface area contributed by atoms with Crippen molar-refractivity contribution in [3.8, 4) is 5.75 Å². The van der Waals surface area contributed by atoms with Crippen LogP contribution in [0.25, 0.3) is 11.2 Å². The van der Waals surface area contributed by atoms with E-state index in [1.54, 1.807) is 11.8 Å². The number of rotatable bonds is 7. The minimum Gasteiger partial charge on any atom is -0.493 e. The standard InChI is InChI=1S/C21H27IN6OS/c1-21(2,3)26-7-4-5-8-28-19-17(18(23)24-12-25-19)27-20(28)30-16-11-15-13(6-9-29-15)10-14(16)22/h10-12,26H,4-9H2,1-3H3,(H2,23,24,25). The number of anilines is 1. The highest BCUT2D eigenvalue weighted by atomic mass is 127. The molecule has 3 N–H and O–H groups in total. The molecule has 1 aliphatic heterocycles. The molecular formula is C21H27IN6OS. The number of nitrogens with one attached hydrogen (secondary N) is 1. The van der Waals surface area contributed by atoms with Crippen LogP contribution in [0.1, 0.15) is 39.2 Å². The monoisotopic (exact) mass is 538 g/mol. The van der Waals surface area contributed by atoms with Gasteiger partial charge in [0.05, 0.1) is 6.61 Å². The Morgan fingerprint density at radius 3 is 2.90 bits per heavy atom. The first kappa shape index (κ1) is 21.6. The summed E-state index contributed by atoms with van der Waals surface area (Å²) in [5, 5.41) is 4.43. The number of nitrogens with two attached hydrogens (primary N) is 1. The Kier molecular flexibility index (Phi) is 6.40. The van der Waals surface area contributed by atoms with Gasteiger partial charge in [0.15, 0.2) is 22.1 Å². The van der Waals surface area contributed by atoms with Crippen LogP contribution in [0.4, 0.5) is 5.82 Å². The van der Waals surface area contributed by atoms with E-state index in [1.807, 2.05) is 0 Å². The zero-order valence-electron chi connectivity index (χ0n) is 17.5. The average molecular weight is 538 g/mol. The Hall–Kier alpha value is -1.59. The Morgan fingerprint density at radius 1 is 1.27 bits per heavy atom. The number of aryl methyl sites for hydroxylation is 1. The number of nitrogen functional groups attached to an aromatic ring is 1. The SMILES string of the molecule is CC(C)(C)NCCCCn1c(Sc2cc3c(cc2I)CCO3)nc2c(N)ncnc21. The molecule has 7 nitrogen and oxygen atoms in total. The van der Waals surface area contributed by atoms with Gasteiger partial charge in [-0.15, -0.1) is 0 Å². The number of ether oxygens (including phenoxy) is 1. The van der Waals surface area contributed by atoms with Gasteiger partial charge in [0, 0.05) is 27.0 Å². The van der Waals surface area contributed by atoms with Gasteiger partial charge in [0.25, 0.3) is 0 Å². The molecule has 0 fully saturated rings. The van der Waals surface area contributed by atoms with E-state index in [0.29, 0.717) is 11.3 Å². The summed E-state index contributed by atoms with van der Waals surface area (Å²) >= 11 is 4.02. The molecule has 4 rings (SSSR count). The average Bonchev–Trinajstić information content (AvgIpc) is 3.26. The summed E-state index contributed by atoms with van der Waals surface area (Å²) in [6.07, 6.45) is 4.59. The van der Waals surface area contributed by atoms with Crippen LogP contribution < -0.4 is 15.8 Å². The number of aromatic nitrogens is 4. The van der Waals surface area contributed by atoms with Gasteiger partial charge < -0.3 is 20.4 Å². The van der Waals surface area contributed by atoms with Crippen LogP contribution >= 0.6 is 34.4 Å². The molecule has 0 unspecified atom stereocenters. The molecule has 0 bridgehead atoms. The van der Waals surface area contributed by atoms with E-state index < -0.39 is 0 Å². The largest absolute Gasteiger partial charge is 0.493 e. The fraction of sp³-hybridized carbons (Fsp3) is 0.476. The third-order valence-electron chi connectivity index (χ3n) is 4.93. The maximum Gasteiger partial charge on any atom is 0.175 e. The highest BCUT2D eigenvalue weighted by Gasteiger charge is 2.20. The van der Waals surface area contributed by atoms with Crippen LogP contribution in [0.2, 0.25) is 0 Å². The van der Waals surface area contributed by atoms with E-state index in [9.17, 15) is 0 Å². The summed E-state index contributed by atoms with van der Waals surface area (Å²) in [5.74, 6) is 1.40. The fourth-order valence-electron chi connectivity index (χ4n) is 3.42. The Balaban J connectivity index is 1.58. The van der Waals surface area contributed by atoms with Crippen molar-refractivity contribution in [3.05, 3.63) is 27.6 Å². The highest BCUT2D eigenvalue weighted by Crippen LogP contribution is 2.38. The Bertz CT molecular complexity index is 1060.